The van der Waals surface area contributed by atoms with E-state index in [1.165, 1.54) is 0 Å². The normalized spacial score (nSPS) is 17.2. The number of anilines is 2. The fraction of sp³-hybridized carbons (Fsp3) is 0.263. The predicted molar refractivity (Wildman–Crippen MR) is 99.1 cm³/mol. The first kappa shape index (κ1) is 16.7. The first-order chi connectivity index (χ1) is 11.5. The summed E-state index contributed by atoms with van der Waals surface area (Å²) in [5.41, 5.74) is 3.67. The molecule has 1 N–H and O–H groups in total. The van der Waals surface area contributed by atoms with E-state index in [1.54, 1.807) is 4.90 Å². The smallest absolute Gasteiger partial charge is 0.229 e. The van der Waals surface area contributed by atoms with Crippen molar-refractivity contribution >= 4 is 39.1 Å². The number of amides is 2. The van der Waals surface area contributed by atoms with Crippen molar-refractivity contribution in [1.29, 1.82) is 0 Å². The summed E-state index contributed by atoms with van der Waals surface area (Å²) in [7, 11) is 0. The van der Waals surface area contributed by atoms with Gasteiger partial charge in [-0.2, -0.15) is 0 Å². The molecular formula is C19H19BrN2O2. The molecule has 0 spiro atoms. The molecule has 0 radical (unpaired) electrons. The van der Waals surface area contributed by atoms with Crippen molar-refractivity contribution in [3.63, 3.8) is 0 Å². The Morgan fingerprint density at radius 1 is 1.17 bits per heavy atom. The van der Waals surface area contributed by atoms with Gasteiger partial charge in [-0.05, 0) is 49.2 Å². The Morgan fingerprint density at radius 2 is 1.79 bits per heavy atom. The number of benzene rings is 2. The quantitative estimate of drug-likeness (QED) is 0.864. The first-order valence-electron chi connectivity index (χ1n) is 7.88. The molecule has 1 saturated heterocycles. The number of aryl methyl sites for hydroxylation is 2. The summed E-state index contributed by atoms with van der Waals surface area (Å²) >= 11 is 3.46. The van der Waals surface area contributed by atoms with E-state index in [9.17, 15) is 9.59 Å². The summed E-state index contributed by atoms with van der Waals surface area (Å²) in [4.78, 5) is 26.6. The SMILES string of the molecule is Cc1cc(Br)cc(C)c1NC(=O)[C@@H]1CC(=O)N(c2ccccc2)C1. The van der Waals surface area contributed by atoms with Gasteiger partial charge in [-0.15, -0.1) is 0 Å². The zero-order chi connectivity index (χ0) is 17.3. The molecular weight excluding hydrogens is 368 g/mol. The lowest BCUT2D eigenvalue weighted by atomic mass is 10.1. The monoisotopic (exact) mass is 386 g/mol. The van der Waals surface area contributed by atoms with Crippen LogP contribution in [0, 0.1) is 19.8 Å². The van der Waals surface area contributed by atoms with Gasteiger partial charge in [0.15, 0.2) is 0 Å². The van der Waals surface area contributed by atoms with Crippen molar-refractivity contribution in [1.82, 2.24) is 0 Å². The first-order valence-corrected chi connectivity index (χ1v) is 8.68. The van der Waals surface area contributed by atoms with Crippen molar-refractivity contribution in [2.24, 2.45) is 5.92 Å². The van der Waals surface area contributed by atoms with Gasteiger partial charge in [0.2, 0.25) is 11.8 Å². The van der Waals surface area contributed by atoms with Crippen LogP contribution in [0.2, 0.25) is 0 Å². The lowest BCUT2D eigenvalue weighted by Gasteiger charge is -2.17. The standard InChI is InChI=1S/C19H19BrN2O2/c1-12-8-15(20)9-13(2)18(12)21-19(24)14-10-17(23)22(11-14)16-6-4-3-5-7-16/h3-9,14H,10-11H2,1-2H3,(H,21,24)/t14-/m1/s1. The number of halogens is 1. The van der Waals surface area contributed by atoms with Crippen molar-refractivity contribution in [3.8, 4) is 0 Å². The van der Waals surface area contributed by atoms with Crippen LogP contribution in [0.15, 0.2) is 46.9 Å². The van der Waals surface area contributed by atoms with Crippen LogP contribution in [-0.4, -0.2) is 18.4 Å². The van der Waals surface area contributed by atoms with Crippen LogP contribution < -0.4 is 10.2 Å². The number of para-hydroxylation sites is 1. The van der Waals surface area contributed by atoms with Gasteiger partial charge >= 0.3 is 0 Å². The van der Waals surface area contributed by atoms with E-state index in [2.05, 4.69) is 21.2 Å². The van der Waals surface area contributed by atoms with E-state index < -0.39 is 0 Å². The highest BCUT2D eigenvalue weighted by atomic mass is 79.9. The fourth-order valence-electron chi connectivity index (χ4n) is 3.07. The number of carbonyl (C=O) groups excluding carboxylic acids is 2. The lowest BCUT2D eigenvalue weighted by Crippen LogP contribution is -2.28. The molecule has 0 unspecified atom stereocenters. The highest BCUT2D eigenvalue weighted by Crippen LogP contribution is 2.28. The highest BCUT2D eigenvalue weighted by Gasteiger charge is 2.35. The molecule has 1 aliphatic heterocycles. The van der Waals surface area contributed by atoms with Crippen LogP contribution in [0.3, 0.4) is 0 Å². The lowest BCUT2D eigenvalue weighted by molar-refractivity contribution is -0.122. The Balaban J connectivity index is 1.74. The molecule has 4 nitrogen and oxygen atoms in total. The average molecular weight is 387 g/mol. The molecule has 0 aromatic heterocycles. The molecule has 1 atom stereocenters. The van der Waals surface area contributed by atoms with Gasteiger partial charge in [0.05, 0.1) is 5.92 Å². The van der Waals surface area contributed by atoms with E-state index in [-0.39, 0.29) is 24.2 Å². The van der Waals surface area contributed by atoms with Gasteiger partial charge in [0.25, 0.3) is 0 Å². The minimum absolute atomic E-state index is 0.00870. The maximum absolute atomic E-state index is 12.6. The summed E-state index contributed by atoms with van der Waals surface area (Å²) in [5.74, 6) is -0.443. The van der Waals surface area contributed by atoms with Crippen LogP contribution in [0.25, 0.3) is 0 Å². The molecule has 2 amide bonds. The number of nitrogens with zero attached hydrogens (tertiary/aromatic N) is 1. The molecule has 0 aliphatic carbocycles. The van der Waals surface area contributed by atoms with Gasteiger partial charge in [0.1, 0.15) is 0 Å². The van der Waals surface area contributed by atoms with Crippen LogP contribution >= 0.6 is 15.9 Å². The molecule has 1 fully saturated rings. The van der Waals surface area contributed by atoms with Gasteiger partial charge in [-0.3, -0.25) is 9.59 Å². The van der Waals surface area contributed by atoms with Crippen LogP contribution in [-0.2, 0) is 9.59 Å². The summed E-state index contributed by atoms with van der Waals surface area (Å²) in [6.45, 7) is 4.34. The second kappa shape index (κ2) is 6.77. The van der Waals surface area contributed by atoms with Crippen molar-refractivity contribution in [2.45, 2.75) is 20.3 Å². The molecule has 2 aromatic carbocycles. The van der Waals surface area contributed by atoms with Crippen LogP contribution in [0.5, 0.6) is 0 Å². The fourth-order valence-corrected chi connectivity index (χ4v) is 3.76. The van der Waals surface area contributed by atoms with E-state index in [4.69, 9.17) is 0 Å². The van der Waals surface area contributed by atoms with E-state index in [1.807, 2.05) is 56.3 Å². The third kappa shape index (κ3) is 3.36. The maximum atomic E-state index is 12.6. The minimum Gasteiger partial charge on any atom is -0.325 e. The summed E-state index contributed by atoms with van der Waals surface area (Å²) in [6, 6.07) is 13.4. The van der Waals surface area contributed by atoms with Gasteiger partial charge in [0, 0.05) is 28.8 Å². The molecule has 1 aliphatic rings. The highest BCUT2D eigenvalue weighted by molar-refractivity contribution is 9.10. The van der Waals surface area contributed by atoms with Crippen LogP contribution in [0.1, 0.15) is 17.5 Å². The molecule has 1 heterocycles. The zero-order valence-electron chi connectivity index (χ0n) is 13.7. The largest absolute Gasteiger partial charge is 0.325 e. The number of nitrogens with one attached hydrogen (secondary N) is 1. The number of hydrogen-bond acceptors (Lipinski definition) is 2. The number of carbonyl (C=O) groups is 2. The molecule has 5 heteroatoms. The summed E-state index contributed by atoms with van der Waals surface area (Å²) in [5, 5.41) is 3.00. The third-order valence-electron chi connectivity index (χ3n) is 4.31. The molecule has 0 saturated carbocycles. The number of rotatable bonds is 3. The predicted octanol–water partition coefficient (Wildman–Crippen LogP) is 4.06. The molecule has 2 aromatic rings. The van der Waals surface area contributed by atoms with Crippen molar-refractivity contribution in [2.75, 3.05) is 16.8 Å². The van der Waals surface area contributed by atoms with Crippen LogP contribution in [0.4, 0.5) is 11.4 Å². The number of hydrogen-bond donors (Lipinski definition) is 1. The maximum Gasteiger partial charge on any atom is 0.229 e. The Labute approximate surface area is 150 Å². The second-order valence-electron chi connectivity index (χ2n) is 6.14. The second-order valence-corrected chi connectivity index (χ2v) is 7.06. The Hall–Kier alpha value is -2.14. The topological polar surface area (TPSA) is 49.4 Å². The molecule has 0 bridgehead atoms. The van der Waals surface area contributed by atoms with Gasteiger partial charge < -0.3 is 10.2 Å². The van der Waals surface area contributed by atoms with E-state index >= 15 is 0 Å². The van der Waals surface area contributed by atoms with E-state index in [0.717, 1.165) is 27.0 Å². The minimum atomic E-state index is -0.333. The molecule has 124 valence electrons. The third-order valence-corrected chi connectivity index (χ3v) is 4.77. The average Bonchev–Trinajstić information content (AvgIpc) is 2.93. The van der Waals surface area contributed by atoms with Gasteiger partial charge in [-0.1, -0.05) is 34.1 Å². The summed E-state index contributed by atoms with van der Waals surface area (Å²) < 4.78 is 0.988. The van der Waals surface area contributed by atoms with E-state index in [0.29, 0.717) is 6.54 Å². The Morgan fingerprint density at radius 3 is 2.42 bits per heavy atom. The Bertz CT molecular complexity index is 766. The molecule has 3 rings (SSSR count). The van der Waals surface area contributed by atoms with Crippen molar-refractivity contribution < 1.29 is 9.59 Å². The van der Waals surface area contributed by atoms with Gasteiger partial charge in [-0.25, -0.2) is 0 Å². The Kier molecular flexibility index (Phi) is 4.71. The summed E-state index contributed by atoms with van der Waals surface area (Å²) in [6.07, 6.45) is 0.245. The zero-order valence-corrected chi connectivity index (χ0v) is 15.3. The van der Waals surface area contributed by atoms with Crippen molar-refractivity contribution in [3.05, 3.63) is 58.1 Å². The molecule has 24 heavy (non-hydrogen) atoms.